The highest BCUT2D eigenvalue weighted by Gasteiger charge is 2.46. The van der Waals surface area contributed by atoms with E-state index < -0.39 is 5.92 Å². The molecule has 0 spiro atoms. The van der Waals surface area contributed by atoms with E-state index in [-0.39, 0.29) is 23.1 Å². The maximum atomic E-state index is 13.2. The topological polar surface area (TPSA) is 55.7 Å². The number of thiophene rings is 1. The molecule has 2 heterocycles. The fourth-order valence-electron chi connectivity index (χ4n) is 4.34. The van der Waals surface area contributed by atoms with Gasteiger partial charge >= 0.3 is 5.97 Å². The monoisotopic (exact) mass is 401 g/mol. The van der Waals surface area contributed by atoms with Crippen molar-refractivity contribution in [3.63, 3.8) is 0 Å². The summed E-state index contributed by atoms with van der Waals surface area (Å²) in [5.41, 5.74) is 2.28. The molecule has 3 rings (SSSR count). The molecule has 5 heteroatoms. The first-order chi connectivity index (χ1) is 13.3. The summed E-state index contributed by atoms with van der Waals surface area (Å²) in [5.74, 6) is -0.927. The number of allylic oxidation sites excluding steroid dienone is 2. The lowest BCUT2D eigenvalue weighted by molar-refractivity contribution is -0.146. The molecule has 0 saturated carbocycles. The second-order valence-corrected chi connectivity index (χ2v) is 9.87. The number of ketones is 1. The van der Waals surface area contributed by atoms with Crippen molar-refractivity contribution < 1.29 is 14.3 Å². The molecule has 152 valence electrons. The molecule has 1 aliphatic heterocycles. The molecule has 1 aromatic heterocycles. The third kappa shape index (κ3) is 4.14. The van der Waals surface area contributed by atoms with Gasteiger partial charge in [-0.15, -0.1) is 11.3 Å². The lowest BCUT2D eigenvalue weighted by atomic mass is 9.68. The van der Waals surface area contributed by atoms with E-state index in [1.165, 1.54) is 4.88 Å². The molecule has 4 nitrogen and oxygen atoms in total. The minimum Gasteiger partial charge on any atom is -0.465 e. The van der Waals surface area contributed by atoms with E-state index in [0.29, 0.717) is 13.0 Å². The molecule has 0 amide bonds. The Labute approximate surface area is 172 Å². The summed E-state index contributed by atoms with van der Waals surface area (Å²) in [4.78, 5) is 33.2. The molecule has 2 aliphatic rings. The summed E-state index contributed by atoms with van der Waals surface area (Å²) in [6.45, 7) is 10.4. The minimum atomic E-state index is -0.512. The van der Waals surface area contributed by atoms with Crippen molar-refractivity contribution in [3.8, 4) is 0 Å². The van der Waals surface area contributed by atoms with Gasteiger partial charge in [0.25, 0.3) is 0 Å². The molecule has 0 saturated heterocycles. The Morgan fingerprint density at radius 3 is 2.71 bits per heavy atom. The molecule has 2 atom stereocenters. The predicted octanol–water partition coefficient (Wildman–Crippen LogP) is 5.47. The Morgan fingerprint density at radius 1 is 1.29 bits per heavy atom. The Morgan fingerprint density at radius 2 is 2.04 bits per heavy atom. The number of aliphatic imine (C=N–C) groups is 1. The number of hydrogen-bond donors (Lipinski definition) is 0. The van der Waals surface area contributed by atoms with Gasteiger partial charge in [-0.3, -0.25) is 14.6 Å². The molecule has 0 unspecified atom stereocenters. The van der Waals surface area contributed by atoms with Crippen LogP contribution in [-0.4, -0.2) is 24.1 Å². The van der Waals surface area contributed by atoms with Gasteiger partial charge in [0.1, 0.15) is 5.92 Å². The van der Waals surface area contributed by atoms with Crippen LogP contribution in [0.5, 0.6) is 0 Å². The number of ether oxygens (including phenoxy) is 1. The molecule has 0 radical (unpaired) electrons. The first-order valence-corrected chi connectivity index (χ1v) is 11.2. The summed E-state index contributed by atoms with van der Waals surface area (Å²) in [7, 11) is 0. The van der Waals surface area contributed by atoms with Gasteiger partial charge in [0.2, 0.25) is 0 Å². The van der Waals surface area contributed by atoms with Crippen molar-refractivity contribution in [2.24, 2.45) is 16.3 Å². The summed E-state index contributed by atoms with van der Waals surface area (Å²) < 4.78 is 5.38. The standard InChI is InChI=1S/C23H31NO3S/c1-6-8-9-15-10-11-18(28-15)21-19(22(26)27-7-2)14(3)24-16-12-23(4,5)13-17(25)20(16)21/h10-11,19,21H,6-9,12-13H2,1-5H3/t19-,21+/m1/s1. The number of Topliss-reactive ketones (excluding diaryl/α,β-unsaturated/α-hetero) is 1. The largest absolute Gasteiger partial charge is 0.465 e. The van der Waals surface area contributed by atoms with Crippen molar-refractivity contribution >= 4 is 28.8 Å². The normalized spacial score (nSPS) is 24.0. The molecule has 0 fully saturated rings. The van der Waals surface area contributed by atoms with Gasteiger partial charge in [0, 0.05) is 39.1 Å². The molecule has 28 heavy (non-hydrogen) atoms. The van der Waals surface area contributed by atoms with E-state index in [9.17, 15) is 9.59 Å². The maximum absolute atomic E-state index is 13.2. The van der Waals surface area contributed by atoms with E-state index in [4.69, 9.17) is 9.73 Å². The lowest BCUT2D eigenvalue weighted by Crippen LogP contribution is -2.39. The summed E-state index contributed by atoms with van der Waals surface area (Å²) in [6.07, 6.45) is 4.61. The van der Waals surface area contributed by atoms with E-state index in [1.807, 2.05) is 13.8 Å². The Bertz CT molecular complexity index is 831. The molecule has 0 aromatic carbocycles. The van der Waals surface area contributed by atoms with E-state index in [1.54, 1.807) is 11.3 Å². The number of nitrogens with zero attached hydrogens (tertiary/aromatic N) is 1. The van der Waals surface area contributed by atoms with Crippen LogP contribution in [0, 0.1) is 11.3 Å². The Balaban J connectivity index is 2.07. The second-order valence-electron chi connectivity index (χ2n) is 8.67. The van der Waals surface area contributed by atoms with Crippen LogP contribution >= 0.6 is 11.3 Å². The number of unbranched alkanes of at least 4 members (excludes halogenated alkanes) is 1. The third-order valence-corrected chi connectivity index (χ3v) is 6.84. The molecule has 1 aromatic rings. The van der Waals surface area contributed by atoms with Gasteiger partial charge in [-0.1, -0.05) is 27.2 Å². The van der Waals surface area contributed by atoms with Crippen LogP contribution in [0.2, 0.25) is 0 Å². The maximum Gasteiger partial charge on any atom is 0.315 e. The lowest BCUT2D eigenvalue weighted by Gasteiger charge is -2.38. The predicted molar refractivity (Wildman–Crippen MR) is 114 cm³/mol. The zero-order valence-corrected chi connectivity index (χ0v) is 18.4. The van der Waals surface area contributed by atoms with Crippen LogP contribution in [0.25, 0.3) is 0 Å². The van der Waals surface area contributed by atoms with Gasteiger partial charge in [0.05, 0.1) is 6.61 Å². The Kier molecular flexibility index (Phi) is 6.23. The van der Waals surface area contributed by atoms with Gasteiger partial charge in [-0.05, 0) is 50.7 Å². The third-order valence-electron chi connectivity index (χ3n) is 5.61. The quantitative estimate of drug-likeness (QED) is 0.594. The molecule has 1 aliphatic carbocycles. The minimum absolute atomic E-state index is 0.0945. The number of carbonyl (C=O) groups is 2. The van der Waals surface area contributed by atoms with Crippen molar-refractivity contribution in [3.05, 3.63) is 33.2 Å². The van der Waals surface area contributed by atoms with Crippen molar-refractivity contribution in [1.82, 2.24) is 0 Å². The number of carbonyl (C=O) groups excluding carboxylic acids is 2. The average molecular weight is 402 g/mol. The highest BCUT2D eigenvalue weighted by molar-refractivity contribution is 7.12. The highest BCUT2D eigenvalue weighted by atomic mass is 32.1. The SMILES string of the molecule is CCCCc1ccc([C@@H]2C3=C(CC(C)(C)CC3=O)N=C(C)[C@H]2C(=O)OCC)s1. The molecule has 0 N–H and O–H groups in total. The fourth-order valence-corrected chi connectivity index (χ4v) is 5.54. The van der Waals surface area contributed by atoms with Gasteiger partial charge in [-0.25, -0.2) is 0 Å². The highest BCUT2D eigenvalue weighted by Crippen LogP contribution is 2.49. The molecular weight excluding hydrogens is 370 g/mol. The molecule has 0 bridgehead atoms. The number of rotatable bonds is 6. The van der Waals surface area contributed by atoms with Crippen molar-refractivity contribution in [1.29, 1.82) is 0 Å². The summed E-state index contributed by atoms with van der Waals surface area (Å²) >= 11 is 1.73. The summed E-state index contributed by atoms with van der Waals surface area (Å²) in [5, 5.41) is 0. The van der Waals surface area contributed by atoms with Crippen LogP contribution in [0.3, 0.4) is 0 Å². The smallest absolute Gasteiger partial charge is 0.315 e. The van der Waals surface area contributed by atoms with Crippen molar-refractivity contribution in [2.45, 2.75) is 72.6 Å². The van der Waals surface area contributed by atoms with Gasteiger partial charge in [-0.2, -0.15) is 0 Å². The first kappa shape index (κ1) is 21.0. The van der Waals surface area contributed by atoms with Crippen LogP contribution in [0.15, 0.2) is 28.4 Å². The number of aryl methyl sites for hydroxylation is 1. The number of esters is 1. The molecular formula is C23H31NO3S. The zero-order valence-electron chi connectivity index (χ0n) is 17.6. The van der Waals surface area contributed by atoms with E-state index in [2.05, 4.69) is 32.9 Å². The van der Waals surface area contributed by atoms with Crippen LogP contribution < -0.4 is 0 Å². The summed E-state index contributed by atoms with van der Waals surface area (Å²) in [6, 6.07) is 4.25. The van der Waals surface area contributed by atoms with Gasteiger partial charge in [0.15, 0.2) is 5.78 Å². The second kappa shape index (κ2) is 8.32. The van der Waals surface area contributed by atoms with Crippen LogP contribution in [0.1, 0.15) is 76.0 Å². The van der Waals surface area contributed by atoms with Crippen LogP contribution in [0.4, 0.5) is 0 Å². The van der Waals surface area contributed by atoms with Gasteiger partial charge < -0.3 is 4.74 Å². The number of hydrogen-bond acceptors (Lipinski definition) is 5. The zero-order chi connectivity index (χ0) is 20.5. The average Bonchev–Trinajstić information content (AvgIpc) is 3.06. The van der Waals surface area contributed by atoms with Crippen LogP contribution in [-0.2, 0) is 20.7 Å². The van der Waals surface area contributed by atoms with E-state index in [0.717, 1.165) is 47.5 Å². The van der Waals surface area contributed by atoms with Crippen molar-refractivity contribution in [2.75, 3.05) is 6.61 Å². The van der Waals surface area contributed by atoms with E-state index >= 15 is 0 Å². The first-order valence-electron chi connectivity index (χ1n) is 10.3. The Hall–Kier alpha value is -1.75. The fraction of sp³-hybridized carbons (Fsp3) is 0.609.